The zero-order chi connectivity index (χ0) is 12.4. The van der Waals surface area contributed by atoms with Crippen LogP contribution in [0.4, 0.5) is 5.69 Å². The number of rotatable bonds is 2. The van der Waals surface area contributed by atoms with Crippen LogP contribution in [0, 0.1) is 6.92 Å². The Hall–Kier alpha value is -0.910. The van der Waals surface area contributed by atoms with Gasteiger partial charge in [0.05, 0.1) is 16.9 Å². The molecule has 0 unspecified atom stereocenters. The molecule has 0 saturated heterocycles. The van der Waals surface area contributed by atoms with Crippen molar-refractivity contribution in [2.75, 3.05) is 5.32 Å². The maximum atomic E-state index is 11.9. The number of halogens is 2. The summed E-state index contributed by atoms with van der Waals surface area (Å²) in [4.78, 5) is 16.5. The molecular weight excluding hydrogens is 324 g/mol. The van der Waals surface area contributed by atoms with Crippen LogP contribution < -0.4 is 5.32 Å². The van der Waals surface area contributed by atoms with Crippen LogP contribution in [0.25, 0.3) is 0 Å². The van der Waals surface area contributed by atoms with Crippen molar-refractivity contribution in [1.29, 1.82) is 0 Å². The topological polar surface area (TPSA) is 42.0 Å². The minimum absolute atomic E-state index is 0.168. The van der Waals surface area contributed by atoms with Gasteiger partial charge in [-0.3, -0.25) is 4.79 Å². The number of hydrogen-bond acceptors (Lipinski definition) is 3. The molecule has 1 aromatic carbocycles. The van der Waals surface area contributed by atoms with E-state index in [0.29, 0.717) is 15.6 Å². The Morgan fingerprint density at radius 2 is 2.29 bits per heavy atom. The number of benzene rings is 1. The number of carbonyl (C=O) groups excluding carboxylic acids is 1. The van der Waals surface area contributed by atoms with E-state index < -0.39 is 0 Å². The summed E-state index contributed by atoms with van der Waals surface area (Å²) >= 11 is 10.5. The quantitative estimate of drug-likeness (QED) is 0.899. The maximum absolute atomic E-state index is 11.9. The van der Waals surface area contributed by atoms with Crippen molar-refractivity contribution in [3.8, 4) is 0 Å². The van der Waals surface area contributed by atoms with Gasteiger partial charge in [-0.1, -0.05) is 11.6 Å². The molecule has 6 heteroatoms. The second kappa shape index (κ2) is 5.16. The highest BCUT2D eigenvalue weighted by atomic mass is 79.9. The Labute approximate surface area is 116 Å². The van der Waals surface area contributed by atoms with Crippen LogP contribution in [0.1, 0.15) is 14.7 Å². The van der Waals surface area contributed by atoms with Crippen molar-refractivity contribution in [3.05, 3.63) is 43.8 Å². The van der Waals surface area contributed by atoms with Crippen LogP contribution in [-0.2, 0) is 0 Å². The number of amides is 1. The molecule has 0 aliphatic heterocycles. The lowest BCUT2D eigenvalue weighted by atomic mass is 10.3. The Balaban J connectivity index is 2.18. The Bertz CT molecular complexity index is 570. The zero-order valence-electron chi connectivity index (χ0n) is 8.83. The van der Waals surface area contributed by atoms with Crippen LogP contribution in [0.3, 0.4) is 0 Å². The van der Waals surface area contributed by atoms with Crippen LogP contribution in [-0.4, -0.2) is 10.9 Å². The van der Waals surface area contributed by atoms with Gasteiger partial charge in [0.25, 0.3) is 5.91 Å². The van der Waals surface area contributed by atoms with Gasteiger partial charge in [-0.2, -0.15) is 0 Å². The molecule has 88 valence electrons. The van der Waals surface area contributed by atoms with Crippen molar-refractivity contribution < 1.29 is 4.79 Å². The van der Waals surface area contributed by atoms with Gasteiger partial charge < -0.3 is 5.32 Å². The number of nitrogens with one attached hydrogen (secondary N) is 1. The molecule has 0 spiro atoms. The third kappa shape index (κ3) is 3.06. The third-order valence-electron chi connectivity index (χ3n) is 2.02. The van der Waals surface area contributed by atoms with E-state index in [1.807, 2.05) is 6.92 Å². The highest BCUT2D eigenvalue weighted by Gasteiger charge is 2.11. The highest BCUT2D eigenvalue weighted by Crippen LogP contribution is 2.26. The first kappa shape index (κ1) is 12.5. The minimum atomic E-state index is -0.168. The van der Waals surface area contributed by atoms with Crippen molar-refractivity contribution in [2.45, 2.75) is 6.92 Å². The number of aryl methyl sites for hydroxylation is 1. The summed E-state index contributed by atoms with van der Waals surface area (Å²) in [5, 5.41) is 4.27. The predicted octanol–water partition coefficient (Wildman–Crippen LogP) is 4.12. The Morgan fingerprint density at radius 3 is 2.88 bits per heavy atom. The van der Waals surface area contributed by atoms with Gasteiger partial charge in [-0.25, -0.2) is 4.98 Å². The normalized spacial score (nSPS) is 10.3. The number of carbonyl (C=O) groups is 1. The maximum Gasteiger partial charge on any atom is 0.267 e. The molecule has 2 aromatic rings. The summed E-state index contributed by atoms with van der Waals surface area (Å²) in [5.74, 6) is -0.168. The van der Waals surface area contributed by atoms with E-state index in [4.69, 9.17) is 11.6 Å². The number of thiazole rings is 1. The average Bonchev–Trinajstić information content (AvgIpc) is 2.69. The first-order chi connectivity index (χ1) is 8.06. The van der Waals surface area contributed by atoms with E-state index in [0.717, 1.165) is 9.48 Å². The predicted molar refractivity (Wildman–Crippen MR) is 74.0 cm³/mol. The summed E-state index contributed by atoms with van der Waals surface area (Å²) in [5.41, 5.74) is 0.686. The van der Waals surface area contributed by atoms with Crippen molar-refractivity contribution in [3.63, 3.8) is 0 Å². The molecule has 1 amide bonds. The summed E-state index contributed by atoms with van der Waals surface area (Å²) in [6.45, 7) is 1.86. The summed E-state index contributed by atoms with van der Waals surface area (Å²) in [7, 11) is 0. The lowest BCUT2D eigenvalue weighted by Crippen LogP contribution is -2.10. The van der Waals surface area contributed by atoms with Gasteiger partial charge >= 0.3 is 0 Å². The van der Waals surface area contributed by atoms with E-state index >= 15 is 0 Å². The van der Waals surface area contributed by atoms with Gasteiger partial charge in [-0.15, -0.1) is 11.3 Å². The number of anilines is 1. The second-order valence-electron chi connectivity index (χ2n) is 3.32. The fourth-order valence-corrected chi connectivity index (χ4v) is 2.70. The highest BCUT2D eigenvalue weighted by molar-refractivity contribution is 9.10. The Kier molecular flexibility index (Phi) is 3.81. The molecule has 1 N–H and O–H groups in total. The lowest BCUT2D eigenvalue weighted by Gasteiger charge is -2.05. The molecular formula is C11H8BrClN2OS. The molecule has 0 bridgehead atoms. The summed E-state index contributed by atoms with van der Waals surface area (Å²) in [6.07, 6.45) is 1.57. The molecule has 0 radical (unpaired) electrons. The fourth-order valence-electron chi connectivity index (χ4n) is 1.24. The summed E-state index contributed by atoms with van der Waals surface area (Å²) in [6, 6.07) is 5.20. The molecule has 0 aliphatic rings. The second-order valence-corrected chi connectivity index (χ2v) is 5.85. The van der Waals surface area contributed by atoms with Crippen molar-refractivity contribution in [2.24, 2.45) is 0 Å². The zero-order valence-corrected chi connectivity index (χ0v) is 12.0. The average molecular weight is 332 g/mol. The molecule has 1 heterocycles. The van der Waals surface area contributed by atoms with Crippen molar-refractivity contribution in [1.82, 2.24) is 4.98 Å². The molecule has 0 atom stereocenters. The SMILES string of the molecule is Cc1ncc(C(=O)Nc2ccc(Cl)cc2Br)s1. The number of hydrogen-bond donors (Lipinski definition) is 1. The van der Waals surface area contributed by atoms with Gasteiger partial charge in [-0.05, 0) is 41.1 Å². The van der Waals surface area contributed by atoms with Crippen LogP contribution in [0.2, 0.25) is 5.02 Å². The minimum Gasteiger partial charge on any atom is -0.320 e. The third-order valence-corrected chi connectivity index (χ3v) is 3.83. The van der Waals surface area contributed by atoms with E-state index in [-0.39, 0.29) is 5.91 Å². The van der Waals surface area contributed by atoms with Crippen molar-refractivity contribution >= 4 is 50.5 Å². The first-order valence-electron chi connectivity index (χ1n) is 4.75. The Morgan fingerprint density at radius 1 is 1.53 bits per heavy atom. The van der Waals surface area contributed by atoms with E-state index in [1.54, 1.807) is 24.4 Å². The molecule has 0 aliphatic carbocycles. The van der Waals surface area contributed by atoms with Gasteiger partial charge in [0, 0.05) is 9.50 Å². The fraction of sp³-hybridized carbons (Fsp3) is 0.0909. The molecule has 3 nitrogen and oxygen atoms in total. The molecule has 2 rings (SSSR count). The molecule has 0 fully saturated rings. The van der Waals surface area contributed by atoms with Gasteiger partial charge in [0.2, 0.25) is 0 Å². The molecule has 0 saturated carbocycles. The van der Waals surface area contributed by atoms with Crippen LogP contribution >= 0.6 is 38.9 Å². The van der Waals surface area contributed by atoms with Gasteiger partial charge in [0.15, 0.2) is 0 Å². The number of aromatic nitrogens is 1. The number of nitrogens with zero attached hydrogens (tertiary/aromatic N) is 1. The molecule has 1 aromatic heterocycles. The van der Waals surface area contributed by atoms with E-state index in [1.165, 1.54) is 11.3 Å². The standard InChI is InChI=1S/C11H8BrClN2OS/c1-6-14-5-10(17-6)11(16)15-9-3-2-7(13)4-8(9)12/h2-5H,1H3,(H,15,16). The van der Waals surface area contributed by atoms with Gasteiger partial charge in [0.1, 0.15) is 4.88 Å². The lowest BCUT2D eigenvalue weighted by molar-refractivity contribution is 0.103. The van der Waals surface area contributed by atoms with Crippen LogP contribution in [0.15, 0.2) is 28.9 Å². The monoisotopic (exact) mass is 330 g/mol. The first-order valence-corrected chi connectivity index (χ1v) is 6.74. The molecule has 17 heavy (non-hydrogen) atoms. The smallest absolute Gasteiger partial charge is 0.267 e. The largest absolute Gasteiger partial charge is 0.320 e. The van der Waals surface area contributed by atoms with E-state index in [9.17, 15) is 4.79 Å². The van der Waals surface area contributed by atoms with E-state index in [2.05, 4.69) is 26.2 Å². The summed E-state index contributed by atoms with van der Waals surface area (Å²) < 4.78 is 0.750. The van der Waals surface area contributed by atoms with Crippen LogP contribution in [0.5, 0.6) is 0 Å².